The molecule has 0 radical (unpaired) electrons. The summed E-state index contributed by atoms with van der Waals surface area (Å²) in [6.07, 6.45) is 1.56. The second kappa shape index (κ2) is 5.47. The van der Waals surface area contributed by atoms with Crippen LogP contribution < -0.4 is 5.32 Å². The fourth-order valence-electron chi connectivity index (χ4n) is 1.63. The van der Waals surface area contributed by atoms with Crippen LogP contribution in [-0.2, 0) is 6.54 Å². The zero-order valence-electron chi connectivity index (χ0n) is 10.5. The minimum Gasteiger partial charge on any atom is -0.348 e. The molecule has 0 aliphatic carbocycles. The summed E-state index contributed by atoms with van der Waals surface area (Å²) in [4.78, 5) is 21.6. The molecule has 20 heavy (non-hydrogen) atoms. The van der Waals surface area contributed by atoms with E-state index < -0.39 is 22.3 Å². The topological polar surface area (TPSA) is 101 Å². The van der Waals surface area contributed by atoms with Crippen LogP contribution in [0.15, 0.2) is 24.4 Å². The van der Waals surface area contributed by atoms with E-state index in [1.165, 1.54) is 0 Å². The van der Waals surface area contributed by atoms with Crippen LogP contribution >= 0.6 is 0 Å². The number of nitro benzene ring substituents is 1. The Morgan fingerprint density at radius 1 is 1.55 bits per heavy atom. The third-order valence-electron chi connectivity index (χ3n) is 2.78. The van der Waals surface area contributed by atoms with Gasteiger partial charge < -0.3 is 5.32 Å². The fourth-order valence-corrected chi connectivity index (χ4v) is 1.63. The third kappa shape index (κ3) is 2.79. The summed E-state index contributed by atoms with van der Waals surface area (Å²) in [6.45, 7) is 1.98. The fraction of sp³-hybridized carbons (Fsp3) is 0.167. The van der Waals surface area contributed by atoms with E-state index in [0.717, 1.165) is 29.5 Å². The number of non-ortho nitro benzene ring substituents is 1. The van der Waals surface area contributed by atoms with Crippen molar-refractivity contribution in [1.82, 2.24) is 15.5 Å². The number of aromatic amines is 1. The molecule has 0 unspecified atom stereocenters. The molecular formula is C12H11FN4O3. The number of rotatable bonds is 4. The third-order valence-corrected chi connectivity index (χ3v) is 2.78. The van der Waals surface area contributed by atoms with Crippen molar-refractivity contribution in [3.8, 4) is 0 Å². The van der Waals surface area contributed by atoms with E-state index in [1.54, 1.807) is 13.1 Å². The summed E-state index contributed by atoms with van der Waals surface area (Å²) in [6, 6.07) is 2.89. The van der Waals surface area contributed by atoms with Crippen molar-refractivity contribution >= 4 is 11.6 Å². The molecule has 1 aromatic carbocycles. The highest BCUT2D eigenvalue weighted by atomic mass is 19.1. The van der Waals surface area contributed by atoms with Gasteiger partial charge in [0.1, 0.15) is 5.82 Å². The van der Waals surface area contributed by atoms with Gasteiger partial charge in [0.25, 0.3) is 11.6 Å². The Hall–Kier alpha value is -2.77. The van der Waals surface area contributed by atoms with E-state index >= 15 is 0 Å². The van der Waals surface area contributed by atoms with Gasteiger partial charge in [0.2, 0.25) is 0 Å². The number of carbonyl (C=O) groups is 1. The van der Waals surface area contributed by atoms with Crippen LogP contribution in [0, 0.1) is 22.9 Å². The van der Waals surface area contributed by atoms with Gasteiger partial charge in [-0.05, 0) is 13.0 Å². The van der Waals surface area contributed by atoms with Crippen molar-refractivity contribution in [2.75, 3.05) is 0 Å². The summed E-state index contributed by atoms with van der Waals surface area (Å²) in [5.74, 6) is -1.57. The number of nitrogens with zero attached hydrogens (tertiary/aromatic N) is 2. The lowest BCUT2D eigenvalue weighted by Crippen LogP contribution is -2.24. The summed E-state index contributed by atoms with van der Waals surface area (Å²) < 4.78 is 13.6. The van der Waals surface area contributed by atoms with E-state index in [2.05, 4.69) is 15.5 Å². The first kappa shape index (κ1) is 13.7. The van der Waals surface area contributed by atoms with Gasteiger partial charge in [-0.15, -0.1) is 0 Å². The Bertz CT molecular complexity index is 668. The van der Waals surface area contributed by atoms with Crippen molar-refractivity contribution in [3.05, 3.63) is 57.1 Å². The van der Waals surface area contributed by atoms with Crippen molar-refractivity contribution in [2.24, 2.45) is 0 Å². The molecule has 0 saturated carbocycles. The number of hydrogen-bond donors (Lipinski definition) is 2. The predicted molar refractivity (Wildman–Crippen MR) is 67.5 cm³/mol. The number of halogens is 1. The molecule has 7 nitrogen and oxygen atoms in total. The Morgan fingerprint density at radius 3 is 2.85 bits per heavy atom. The minimum atomic E-state index is -0.930. The van der Waals surface area contributed by atoms with E-state index in [9.17, 15) is 19.3 Å². The lowest BCUT2D eigenvalue weighted by atomic mass is 10.1. The molecule has 8 heteroatoms. The van der Waals surface area contributed by atoms with Crippen LogP contribution in [-0.4, -0.2) is 21.0 Å². The van der Waals surface area contributed by atoms with Crippen molar-refractivity contribution < 1.29 is 14.1 Å². The number of amides is 1. The predicted octanol–water partition coefficient (Wildman–Crippen LogP) is 1.70. The Morgan fingerprint density at radius 2 is 2.30 bits per heavy atom. The monoisotopic (exact) mass is 278 g/mol. The molecule has 0 bridgehead atoms. The molecule has 0 aliphatic heterocycles. The first-order chi connectivity index (χ1) is 9.49. The SMILES string of the molecule is Cc1[nH]ncc1CNC(=O)c1ccc([N+](=O)[O-])cc1F. The lowest BCUT2D eigenvalue weighted by molar-refractivity contribution is -0.385. The van der Waals surface area contributed by atoms with E-state index in [4.69, 9.17) is 0 Å². The molecule has 2 rings (SSSR count). The smallest absolute Gasteiger partial charge is 0.272 e. The van der Waals surface area contributed by atoms with Crippen molar-refractivity contribution in [2.45, 2.75) is 13.5 Å². The molecule has 0 saturated heterocycles. The summed E-state index contributed by atoms with van der Waals surface area (Å²) in [5.41, 5.74) is 0.941. The standard InChI is InChI=1S/C12H11FN4O3/c1-7-8(6-15-16-7)5-14-12(18)10-3-2-9(17(19)20)4-11(10)13/h2-4,6H,5H2,1H3,(H,14,18)(H,15,16). The van der Waals surface area contributed by atoms with Crippen molar-refractivity contribution in [3.63, 3.8) is 0 Å². The van der Waals surface area contributed by atoms with Gasteiger partial charge in [-0.25, -0.2) is 4.39 Å². The molecule has 2 aromatic rings. The van der Waals surface area contributed by atoms with Gasteiger partial charge in [0, 0.05) is 23.9 Å². The number of aromatic nitrogens is 2. The second-order valence-electron chi connectivity index (χ2n) is 4.12. The molecule has 104 valence electrons. The summed E-state index contributed by atoms with van der Waals surface area (Å²) in [5, 5.41) is 19.5. The largest absolute Gasteiger partial charge is 0.348 e. The maximum atomic E-state index is 13.6. The average molecular weight is 278 g/mol. The maximum Gasteiger partial charge on any atom is 0.272 e. The highest BCUT2D eigenvalue weighted by Gasteiger charge is 2.16. The Balaban J connectivity index is 2.10. The van der Waals surface area contributed by atoms with E-state index in [1.807, 2.05) is 0 Å². The summed E-state index contributed by atoms with van der Waals surface area (Å²) >= 11 is 0. The van der Waals surface area contributed by atoms with Crippen LogP contribution in [0.1, 0.15) is 21.6 Å². The average Bonchev–Trinajstić information content (AvgIpc) is 2.81. The number of hydrogen-bond acceptors (Lipinski definition) is 4. The number of nitrogens with one attached hydrogen (secondary N) is 2. The zero-order valence-corrected chi connectivity index (χ0v) is 10.5. The maximum absolute atomic E-state index is 13.6. The number of H-pyrrole nitrogens is 1. The number of benzene rings is 1. The molecule has 0 spiro atoms. The van der Waals surface area contributed by atoms with Gasteiger partial charge in [-0.2, -0.15) is 5.10 Å². The van der Waals surface area contributed by atoms with Gasteiger partial charge >= 0.3 is 0 Å². The van der Waals surface area contributed by atoms with Crippen LogP contribution in [0.3, 0.4) is 0 Å². The molecule has 1 heterocycles. The van der Waals surface area contributed by atoms with Gasteiger partial charge in [0.15, 0.2) is 0 Å². The van der Waals surface area contributed by atoms with Crippen LogP contribution in [0.5, 0.6) is 0 Å². The summed E-state index contributed by atoms with van der Waals surface area (Å²) in [7, 11) is 0. The number of carbonyl (C=O) groups excluding carboxylic acids is 1. The quantitative estimate of drug-likeness (QED) is 0.656. The first-order valence-electron chi connectivity index (χ1n) is 5.70. The molecule has 1 amide bonds. The van der Waals surface area contributed by atoms with Crippen LogP contribution in [0.4, 0.5) is 10.1 Å². The highest BCUT2D eigenvalue weighted by Crippen LogP contribution is 2.16. The van der Waals surface area contributed by atoms with Gasteiger partial charge in [0.05, 0.1) is 22.7 Å². The van der Waals surface area contributed by atoms with Crippen LogP contribution in [0.25, 0.3) is 0 Å². The van der Waals surface area contributed by atoms with Gasteiger partial charge in [-0.3, -0.25) is 20.0 Å². The molecule has 1 aromatic heterocycles. The first-order valence-corrected chi connectivity index (χ1v) is 5.70. The Labute approximate surface area is 113 Å². The van der Waals surface area contributed by atoms with E-state index in [-0.39, 0.29) is 12.1 Å². The molecular weight excluding hydrogens is 267 g/mol. The molecule has 0 atom stereocenters. The molecule has 0 aliphatic rings. The highest BCUT2D eigenvalue weighted by molar-refractivity contribution is 5.94. The van der Waals surface area contributed by atoms with E-state index in [0.29, 0.717) is 0 Å². The molecule has 0 fully saturated rings. The van der Waals surface area contributed by atoms with Gasteiger partial charge in [-0.1, -0.05) is 0 Å². The number of aryl methyl sites for hydroxylation is 1. The second-order valence-corrected chi connectivity index (χ2v) is 4.12. The molecule has 2 N–H and O–H groups in total. The minimum absolute atomic E-state index is 0.192. The van der Waals surface area contributed by atoms with Crippen LogP contribution in [0.2, 0.25) is 0 Å². The zero-order chi connectivity index (χ0) is 14.7. The Kier molecular flexibility index (Phi) is 3.74. The van der Waals surface area contributed by atoms with Crippen molar-refractivity contribution in [1.29, 1.82) is 0 Å². The normalized spacial score (nSPS) is 10.3. The number of nitro groups is 1. The lowest BCUT2D eigenvalue weighted by Gasteiger charge is -2.05.